The molecule has 1 N–H and O–H groups in total. The van der Waals surface area contributed by atoms with Crippen LogP contribution in [-0.2, 0) is 4.79 Å². The number of nitrogens with zero attached hydrogens (tertiary/aromatic N) is 2. The molecular weight excluding hydrogens is 512 g/mol. The van der Waals surface area contributed by atoms with Crippen LogP contribution in [0.3, 0.4) is 0 Å². The molecule has 7 nitrogen and oxygen atoms in total. The van der Waals surface area contributed by atoms with Crippen LogP contribution in [0.25, 0.3) is 10.6 Å². The predicted molar refractivity (Wildman–Crippen MR) is 152 cm³/mol. The number of hydrogen-bond acceptors (Lipinski definition) is 7. The fourth-order valence-electron chi connectivity index (χ4n) is 4.68. The Kier molecular flexibility index (Phi) is 7.47. The number of Topliss-reactive ketones (excluding diaryl/α,β-unsaturated/α-hetero) is 1. The highest BCUT2D eigenvalue weighted by Crippen LogP contribution is 2.44. The molecule has 1 amide bonds. The number of amides is 1. The summed E-state index contributed by atoms with van der Waals surface area (Å²) in [5.41, 5.74) is 2.56. The Labute approximate surface area is 231 Å². The lowest BCUT2D eigenvalue weighted by Gasteiger charge is -2.27. The van der Waals surface area contributed by atoms with Gasteiger partial charge in [-0.3, -0.25) is 14.5 Å². The zero-order valence-electron chi connectivity index (χ0n) is 21.9. The van der Waals surface area contributed by atoms with Crippen LogP contribution in [0.1, 0.15) is 40.8 Å². The quantitative estimate of drug-likeness (QED) is 0.238. The Bertz CT molecular complexity index is 1560. The van der Waals surface area contributed by atoms with E-state index in [1.54, 1.807) is 37.3 Å². The number of aryl methyl sites for hydroxylation is 1. The SMILES string of the molecule is CCOc1cccc(C2C(C(=O)c3sc(-c4ccccc4)nc3C)=C(O)C(=O)N2c2cccc(OCC)c2)c1. The number of carbonyl (C=O) groups excluding carboxylic acids is 2. The molecule has 0 spiro atoms. The van der Waals surface area contributed by atoms with Crippen molar-refractivity contribution in [2.45, 2.75) is 26.8 Å². The van der Waals surface area contributed by atoms with Crippen LogP contribution in [-0.4, -0.2) is 35.0 Å². The molecule has 39 heavy (non-hydrogen) atoms. The van der Waals surface area contributed by atoms with Gasteiger partial charge in [0.1, 0.15) is 16.5 Å². The molecule has 3 aromatic carbocycles. The van der Waals surface area contributed by atoms with Crippen molar-refractivity contribution in [2.75, 3.05) is 18.1 Å². The maximum absolute atomic E-state index is 14.1. The van der Waals surface area contributed by atoms with Crippen molar-refractivity contribution in [3.63, 3.8) is 0 Å². The van der Waals surface area contributed by atoms with Crippen molar-refractivity contribution >= 4 is 28.7 Å². The van der Waals surface area contributed by atoms with E-state index in [9.17, 15) is 14.7 Å². The lowest BCUT2D eigenvalue weighted by atomic mass is 9.94. The van der Waals surface area contributed by atoms with E-state index in [0.717, 1.165) is 5.56 Å². The molecule has 0 aliphatic carbocycles. The predicted octanol–water partition coefficient (Wildman–Crippen LogP) is 6.70. The highest BCUT2D eigenvalue weighted by molar-refractivity contribution is 7.17. The minimum atomic E-state index is -0.885. The van der Waals surface area contributed by atoms with Crippen LogP contribution in [0.5, 0.6) is 11.5 Å². The maximum Gasteiger partial charge on any atom is 0.294 e. The molecule has 1 aromatic heterocycles. The molecule has 4 aromatic rings. The molecule has 0 saturated carbocycles. The number of aromatic nitrogens is 1. The largest absolute Gasteiger partial charge is 0.503 e. The van der Waals surface area contributed by atoms with E-state index in [0.29, 0.717) is 51.5 Å². The van der Waals surface area contributed by atoms with E-state index in [-0.39, 0.29) is 5.57 Å². The third kappa shape index (κ3) is 5.03. The molecule has 0 radical (unpaired) electrons. The summed E-state index contributed by atoms with van der Waals surface area (Å²) in [6.45, 7) is 6.44. The summed E-state index contributed by atoms with van der Waals surface area (Å²) in [5.74, 6) is -0.501. The van der Waals surface area contributed by atoms with Crippen LogP contribution >= 0.6 is 11.3 Å². The Hall–Kier alpha value is -4.43. The van der Waals surface area contributed by atoms with Crippen molar-refractivity contribution in [2.24, 2.45) is 0 Å². The highest BCUT2D eigenvalue weighted by Gasteiger charge is 2.45. The smallest absolute Gasteiger partial charge is 0.294 e. The van der Waals surface area contributed by atoms with E-state index in [2.05, 4.69) is 4.98 Å². The second-order valence-electron chi connectivity index (χ2n) is 8.90. The van der Waals surface area contributed by atoms with Crippen molar-refractivity contribution in [1.82, 2.24) is 4.98 Å². The number of aliphatic hydroxyl groups excluding tert-OH is 1. The van der Waals surface area contributed by atoms with Crippen molar-refractivity contribution in [3.8, 4) is 22.1 Å². The van der Waals surface area contributed by atoms with E-state index < -0.39 is 23.5 Å². The first-order valence-electron chi connectivity index (χ1n) is 12.7. The van der Waals surface area contributed by atoms with E-state index in [1.807, 2.05) is 62.4 Å². The standard InChI is InChI=1S/C31H28N2O5S/c1-4-37-23-15-9-13-21(17-23)26-25(27(34)29-19(3)32-30(39-29)20-11-7-6-8-12-20)28(35)31(36)33(26)22-14-10-16-24(18-22)38-5-2/h6-18,26,35H,4-5H2,1-3H3. The van der Waals surface area contributed by atoms with Gasteiger partial charge in [-0.1, -0.05) is 48.5 Å². The van der Waals surface area contributed by atoms with E-state index in [1.165, 1.54) is 16.2 Å². The fraction of sp³-hybridized carbons (Fsp3) is 0.194. The van der Waals surface area contributed by atoms with Gasteiger partial charge < -0.3 is 14.6 Å². The average Bonchev–Trinajstić information content (AvgIpc) is 3.46. The van der Waals surface area contributed by atoms with Crippen LogP contribution in [0.4, 0.5) is 5.69 Å². The van der Waals surface area contributed by atoms with Crippen molar-refractivity contribution in [3.05, 3.63) is 106 Å². The Morgan fingerprint density at radius 3 is 2.31 bits per heavy atom. The number of thiazole rings is 1. The number of hydrogen-bond donors (Lipinski definition) is 1. The second kappa shape index (κ2) is 11.1. The topological polar surface area (TPSA) is 89.0 Å². The van der Waals surface area contributed by atoms with Gasteiger partial charge in [-0.25, -0.2) is 4.98 Å². The van der Waals surface area contributed by atoms with Gasteiger partial charge >= 0.3 is 0 Å². The molecule has 1 aliphatic heterocycles. The summed E-state index contributed by atoms with van der Waals surface area (Å²) in [6, 6.07) is 23.0. The van der Waals surface area contributed by atoms with Gasteiger partial charge in [-0.2, -0.15) is 0 Å². The molecule has 0 saturated heterocycles. The van der Waals surface area contributed by atoms with Gasteiger partial charge in [-0.05, 0) is 50.6 Å². The summed E-state index contributed by atoms with van der Waals surface area (Å²) in [5, 5.41) is 11.9. The molecule has 0 bridgehead atoms. The summed E-state index contributed by atoms with van der Waals surface area (Å²) in [4.78, 5) is 34.2. The maximum atomic E-state index is 14.1. The third-order valence-electron chi connectivity index (χ3n) is 6.37. The van der Waals surface area contributed by atoms with Crippen LogP contribution in [0.2, 0.25) is 0 Å². The number of rotatable bonds is 9. The molecule has 2 heterocycles. The Morgan fingerprint density at radius 1 is 0.949 bits per heavy atom. The van der Waals surface area contributed by atoms with Crippen LogP contribution in [0, 0.1) is 6.92 Å². The third-order valence-corrected chi connectivity index (χ3v) is 7.57. The zero-order valence-corrected chi connectivity index (χ0v) is 22.7. The molecule has 8 heteroatoms. The molecule has 198 valence electrons. The van der Waals surface area contributed by atoms with E-state index >= 15 is 0 Å². The number of carbonyl (C=O) groups is 2. The number of anilines is 1. The zero-order chi connectivity index (χ0) is 27.5. The number of benzene rings is 3. The molecule has 0 fully saturated rings. The molecular formula is C31H28N2O5S. The number of ether oxygens (including phenoxy) is 2. The van der Waals surface area contributed by atoms with E-state index in [4.69, 9.17) is 9.47 Å². The van der Waals surface area contributed by atoms with Gasteiger partial charge in [0.05, 0.1) is 35.4 Å². The van der Waals surface area contributed by atoms with Gasteiger partial charge in [0.15, 0.2) is 5.76 Å². The minimum Gasteiger partial charge on any atom is -0.503 e. The second-order valence-corrected chi connectivity index (χ2v) is 9.90. The molecule has 1 aliphatic rings. The highest BCUT2D eigenvalue weighted by atomic mass is 32.1. The Morgan fingerprint density at radius 2 is 1.62 bits per heavy atom. The average molecular weight is 541 g/mol. The summed E-state index contributed by atoms with van der Waals surface area (Å²) in [7, 11) is 0. The Balaban J connectivity index is 1.63. The van der Waals surface area contributed by atoms with Gasteiger partial charge in [-0.15, -0.1) is 11.3 Å². The van der Waals surface area contributed by atoms with Crippen molar-refractivity contribution < 1.29 is 24.2 Å². The first-order valence-corrected chi connectivity index (χ1v) is 13.5. The first kappa shape index (κ1) is 26.2. The van der Waals surface area contributed by atoms with Gasteiger partial charge in [0.2, 0.25) is 5.78 Å². The summed E-state index contributed by atoms with van der Waals surface area (Å²) >= 11 is 1.24. The normalized spacial score (nSPS) is 15.1. The summed E-state index contributed by atoms with van der Waals surface area (Å²) in [6.07, 6.45) is 0. The minimum absolute atomic E-state index is 0.00169. The van der Waals surface area contributed by atoms with Crippen molar-refractivity contribution in [1.29, 1.82) is 0 Å². The molecule has 1 unspecified atom stereocenters. The van der Waals surface area contributed by atoms with Gasteiger partial charge in [0, 0.05) is 17.3 Å². The molecule has 1 atom stereocenters. The van der Waals surface area contributed by atoms with Crippen LogP contribution in [0.15, 0.2) is 90.2 Å². The van der Waals surface area contributed by atoms with Crippen LogP contribution < -0.4 is 14.4 Å². The number of ketones is 1. The summed E-state index contributed by atoms with van der Waals surface area (Å²) < 4.78 is 11.4. The lowest BCUT2D eigenvalue weighted by Crippen LogP contribution is -2.31. The molecule has 5 rings (SSSR count). The fourth-order valence-corrected chi connectivity index (χ4v) is 5.71. The first-order chi connectivity index (χ1) is 18.9. The number of aliphatic hydroxyl groups is 1. The van der Waals surface area contributed by atoms with Gasteiger partial charge in [0.25, 0.3) is 5.91 Å². The lowest BCUT2D eigenvalue weighted by molar-refractivity contribution is -0.117. The monoisotopic (exact) mass is 540 g/mol.